The Hall–Kier alpha value is -1.89. The third-order valence-corrected chi connectivity index (χ3v) is 6.96. The van der Waals surface area contributed by atoms with Gasteiger partial charge in [0.05, 0.1) is 10.9 Å². The smallest absolute Gasteiger partial charge is 0.244 e. The van der Waals surface area contributed by atoms with Gasteiger partial charge in [-0.25, -0.2) is 8.42 Å². The lowest BCUT2D eigenvalue weighted by Crippen LogP contribution is -2.42. The summed E-state index contributed by atoms with van der Waals surface area (Å²) in [6, 6.07) is 16.4. The maximum Gasteiger partial charge on any atom is 0.244 e. The van der Waals surface area contributed by atoms with E-state index in [1.807, 2.05) is 41.9 Å². The van der Waals surface area contributed by atoms with Gasteiger partial charge in [-0.15, -0.1) is 11.3 Å². The van der Waals surface area contributed by atoms with Crippen molar-refractivity contribution in [3.63, 3.8) is 0 Å². The van der Waals surface area contributed by atoms with Crippen molar-refractivity contribution in [3.05, 3.63) is 76.7 Å². The zero-order valence-electron chi connectivity index (χ0n) is 12.4. The van der Waals surface area contributed by atoms with Gasteiger partial charge in [-0.2, -0.15) is 4.31 Å². The van der Waals surface area contributed by atoms with Crippen LogP contribution in [-0.4, -0.2) is 23.8 Å². The molecule has 1 aromatic carbocycles. The first kappa shape index (κ1) is 14.7. The van der Waals surface area contributed by atoms with Gasteiger partial charge in [0.25, 0.3) is 0 Å². The van der Waals surface area contributed by atoms with E-state index < -0.39 is 10.0 Å². The summed E-state index contributed by atoms with van der Waals surface area (Å²) in [6.07, 6.45) is 2.02. The number of thiophene rings is 1. The van der Waals surface area contributed by atoms with Gasteiger partial charge in [0.1, 0.15) is 0 Å². The van der Waals surface area contributed by atoms with E-state index in [1.165, 1.54) is 0 Å². The van der Waals surface area contributed by atoms with Crippen molar-refractivity contribution in [2.45, 2.75) is 17.5 Å². The van der Waals surface area contributed by atoms with Crippen LogP contribution in [0.3, 0.4) is 0 Å². The van der Waals surface area contributed by atoms with E-state index in [4.69, 9.17) is 0 Å². The van der Waals surface area contributed by atoms with Gasteiger partial charge in [0.2, 0.25) is 10.0 Å². The number of hydrogen-bond donors (Lipinski definition) is 0. The van der Waals surface area contributed by atoms with Crippen LogP contribution in [0.2, 0.25) is 0 Å². The van der Waals surface area contributed by atoms with Gasteiger partial charge in [0, 0.05) is 29.9 Å². The van der Waals surface area contributed by atoms with E-state index >= 15 is 0 Å². The Kier molecular flexibility index (Phi) is 3.60. The lowest BCUT2D eigenvalue weighted by atomic mass is 10.1. The monoisotopic (exact) mass is 344 g/mol. The quantitative estimate of drug-likeness (QED) is 0.731. The van der Waals surface area contributed by atoms with Crippen LogP contribution in [-0.2, 0) is 16.6 Å². The highest BCUT2D eigenvalue weighted by Crippen LogP contribution is 2.38. The molecule has 0 aliphatic carbocycles. The minimum atomic E-state index is -3.53. The molecule has 0 amide bonds. The normalized spacial score (nSPS) is 18.7. The molecule has 1 atom stereocenters. The first-order valence-corrected chi connectivity index (χ1v) is 9.75. The van der Waals surface area contributed by atoms with Crippen molar-refractivity contribution < 1.29 is 8.42 Å². The van der Waals surface area contributed by atoms with Crippen molar-refractivity contribution in [3.8, 4) is 0 Å². The molecule has 0 spiro atoms. The third kappa shape index (κ3) is 2.43. The standard InChI is InChI=1S/C17H16N2O2S2/c20-23(21,14-6-2-1-3-7-14)19-12-11-18-10-4-8-15(18)17(19)16-9-5-13-22-16/h1-10,13,17H,11-12H2. The zero-order chi connectivity index (χ0) is 15.9. The highest BCUT2D eigenvalue weighted by atomic mass is 32.2. The first-order chi connectivity index (χ1) is 11.2. The molecular weight excluding hydrogens is 328 g/mol. The number of benzene rings is 1. The number of fused-ring (bicyclic) bond motifs is 1. The summed E-state index contributed by atoms with van der Waals surface area (Å²) < 4.78 is 30.1. The summed E-state index contributed by atoms with van der Waals surface area (Å²) in [7, 11) is -3.53. The highest BCUT2D eigenvalue weighted by Gasteiger charge is 2.37. The van der Waals surface area contributed by atoms with E-state index in [2.05, 4.69) is 4.57 Å². The molecule has 2 aromatic heterocycles. The summed E-state index contributed by atoms with van der Waals surface area (Å²) in [5, 5.41) is 1.99. The lowest BCUT2D eigenvalue weighted by Gasteiger charge is -2.35. The largest absolute Gasteiger partial charge is 0.348 e. The molecule has 3 aromatic rings. The second kappa shape index (κ2) is 5.63. The molecule has 118 valence electrons. The topological polar surface area (TPSA) is 42.3 Å². The van der Waals surface area contributed by atoms with Crippen molar-refractivity contribution in [2.24, 2.45) is 0 Å². The molecule has 1 aliphatic heterocycles. The van der Waals surface area contributed by atoms with Crippen LogP contribution in [0.15, 0.2) is 71.1 Å². The van der Waals surface area contributed by atoms with E-state index in [1.54, 1.807) is 39.9 Å². The Morgan fingerprint density at radius 2 is 1.78 bits per heavy atom. The van der Waals surface area contributed by atoms with E-state index in [0.717, 1.165) is 10.6 Å². The van der Waals surface area contributed by atoms with Crippen molar-refractivity contribution in [2.75, 3.05) is 6.54 Å². The summed E-state index contributed by atoms with van der Waals surface area (Å²) in [5.41, 5.74) is 1.03. The molecule has 1 unspecified atom stereocenters. The van der Waals surface area contributed by atoms with Gasteiger partial charge in [0.15, 0.2) is 0 Å². The van der Waals surface area contributed by atoms with Crippen LogP contribution in [0, 0.1) is 0 Å². The molecule has 6 heteroatoms. The molecule has 4 nitrogen and oxygen atoms in total. The molecule has 0 fully saturated rings. The van der Waals surface area contributed by atoms with E-state index in [0.29, 0.717) is 18.0 Å². The molecule has 0 radical (unpaired) electrons. The van der Waals surface area contributed by atoms with Crippen LogP contribution in [0.1, 0.15) is 16.6 Å². The number of hydrogen-bond acceptors (Lipinski definition) is 3. The van der Waals surface area contributed by atoms with Crippen LogP contribution < -0.4 is 0 Å². The second-order valence-corrected chi connectivity index (χ2v) is 8.34. The second-order valence-electron chi connectivity index (χ2n) is 5.47. The maximum atomic E-state index is 13.1. The van der Waals surface area contributed by atoms with Gasteiger partial charge in [-0.3, -0.25) is 0 Å². The van der Waals surface area contributed by atoms with E-state index in [9.17, 15) is 8.42 Å². The predicted molar refractivity (Wildman–Crippen MR) is 90.9 cm³/mol. The summed E-state index contributed by atoms with van der Waals surface area (Å²) in [6.45, 7) is 1.15. The van der Waals surface area contributed by atoms with Crippen molar-refractivity contribution in [1.29, 1.82) is 0 Å². The fraction of sp³-hybridized carbons (Fsp3) is 0.176. The van der Waals surface area contributed by atoms with Crippen LogP contribution in [0.5, 0.6) is 0 Å². The molecule has 0 N–H and O–H groups in total. The number of rotatable bonds is 3. The lowest BCUT2D eigenvalue weighted by molar-refractivity contribution is 0.301. The van der Waals surface area contributed by atoms with Gasteiger partial charge >= 0.3 is 0 Å². The first-order valence-electron chi connectivity index (χ1n) is 7.43. The molecule has 0 saturated carbocycles. The molecular formula is C17H16N2O2S2. The molecule has 0 saturated heterocycles. The average Bonchev–Trinajstić information content (AvgIpc) is 3.26. The van der Waals surface area contributed by atoms with Gasteiger partial charge in [-0.05, 0) is 35.7 Å². The maximum absolute atomic E-state index is 13.1. The summed E-state index contributed by atoms with van der Waals surface area (Å²) in [4.78, 5) is 1.39. The van der Waals surface area contributed by atoms with Gasteiger partial charge in [-0.1, -0.05) is 24.3 Å². The Labute approximate surface area is 139 Å². The van der Waals surface area contributed by atoms with Crippen molar-refractivity contribution >= 4 is 21.4 Å². The minimum Gasteiger partial charge on any atom is -0.348 e. The van der Waals surface area contributed by atoms with Crippen LogP contribution in [0.4, 0.5) is 0 Å². The Morgan fingerprint density at radius 1 is 0.957 bits per heavy atom. The fourth-order valence-electron chi connectivity index (χ4n) is 3.08. The Bertz CT molecular complexity index is 899. The molecule has 23 heavy (non-hydrogen) atoms. The number of aromatic nitrogens is 1. The molecule has 0 bridgehead atoms. The third-order valence-electron chi connectivity index (χ3n) is 4.16. The van der Waals surface area contributed by atoms with Crippen LogP contribution in [0.25, 0.3) is 0 Å². The zero-order valence-corrected chi connectivity index (χ0v) is 14.0. The Morgan fingerprint density at radius 3 is 2.52 bits per heavy atom. The summed E-state index contributed by atoms with van der Waals surface area (Å²) >= 11 is 1.59. The van der Waals surface area contributed by atoms with Crippen LogP contribution >= 0.6 is 11.3 Å². The predicted octanol–water partition coefficient (Wildman–Crippen LogP) is 3.34. The molecule has 1 aliphatic rings. The van der Waals surface area contributed by atoms with E-state index in [-0.39, 0.29) is 6.04 Å². The molecule has 4 rings (SSSR count). The Balaban J connectivity index is 1.85. The van der Waals surface area contributed by atoms with Crippen molar-refractivity contribution in [1.82, 2.24) is 8.87 Å². The highest BCUT2D eigenvalue weighted by molar-refractivity contribution is 7.89. The average molecular weight is 344 g/mol. The van der Waals surface area contributed by atoms with Gasteiger partial charge < -0.3 is 4.57 Å². The minimum absolute atomic E-state index is 0.260. The summed E-state index contributed by atoms with van der Waals surface area (Å²) in [5.74, 6) is 0. The SMILES string of the molecule is O=S(=O)(c1ccccc1)N1CCn2cccc2C1c1cccs1. The number of sulfonamides is 1. The fourth-order valence-corrected chi connectivity index (χ4v) is 5.59. The number of nitrogens with zero attached hydrogens (tertiary/aromatic N) is 2. The molecule has 3 heterocycles.